The van der Waals surface area contributed by atoms with Crippen molar-refractivity contribution in [2.24, 2.45) is 5.92 Å². The second kappa shape index (κ2) is 23.6. The smallest absolute Gasteiger partial charge is 0.326 e. The number of unbranched alkanes of at least 4 members (excludes halogenated alkanes) is 1. The molecule has 1 amide bonds. The number of likely N-dealkylation sites (tertiary alicyclic amines) is 1. The fourth-order valence-electron chi connectivity index (χ4n) is 6.13. The fourth-order valence-corrected chi connectivity index (χ4v) is 6.79. The molecule has 0 bridgehead atoms. The second-order valence-electron chi connectivity index (χ2n) is 13.0. The second-order valence-corrected chi connectivity index (χ2v) is 15.3. The molecule has 9 heteroatoms. The van der Waals surface area contributed by atoms with Crippen molar-refractivity contribution in [1.82, 2.24) is 10.2 Å². The lowest BCUT2D eigenvalue weighted by molar-refractivity contribution is -0.139. The Labute approximate surface area is 298 Å². The summed E-state index contributed by atoms with van der Waals surface area (Å²) < 4.78 is 29.6. The maximum Gasteiger partial charge on any atom is 0.326 e. The first-order chi connectivity index (χ1) is 23.4. The third-order valence-corrected chi connectivity index (χ3v) is 9.82. The Bertz CT molecular complexity index is 1350. The number of carbonyl (C=O) groups excluding carboxylic acids is 1. The molecule has 4 rings (SSSR count). The molecule has 2 N–H and O–H groups in total. The van der Waals surface area contributed by atoms with E-state index in [1.54, 1.807) is 6.07 Å². The molecule has 8 nitrogen and oxygen atoms in total. The van der Waals surface area contributed by atoms with E-state index >= 15 is 0 Å². The Hall–Kier alpha value is -2.75. The lowest BCUT2D eigenvalue weighted by Crippen LogP contribution is -2.42. The highest BCUT2D eigenvalue weighted by atomic mass is 32.2. The predicted molar refractivity (Wildman–Crippen MR) is 204 cm³/mol. The largest absolute Gasteiger partial charge is 0.480 e. The Kier molecular flexibility index (Phi) is 21.3. The number of aliphatic carboxylic acids is 1. The van der Waals surface area contributed by atoms with Crippen LogP contribution < -0.4 is 5.32 Å². The molecule has 2 aromatic rings. The SMILES string of the molecule is CC.CC.CCCC.Cc1ccccc1-c1cc(CN2C[C@@H](C)CC2COC2CCCCC2)ccc1C(=O)NC(CCS(C)(=O)=O)C(=O)O. The minimum atomic E-state index is -3.37. The molecule has 3 atom stereocenters. The van der Waals surface area contributed by atoms with E-state index in [0.717, 1.165) is 67.5 Å². The summed E-state index contributed by atoms with van der Waals surface area (Å²) in [6.45, 7) is 19.1. The van der Waals surface area contributed by atoms with Crippen molar-refractivity contribution < 1.29 is 27.9 Å². The van der Waals surface area contributed by atoms with Gasteiger partial charge in [0, 0.05) is 31.0 Å². The van der Waals surface area contributed by atoms with Gasteiger partial charge >= 0.3 is 5.97 Å². The van der Waals surface area contributed by atoms with E-state index in [0.29, 0.717) is 23.6 Å². The maximum atomic E-state index is 13.4. The summed E-state index contributed by atoms with van der Waals surface area (Å²) in [5, 5.41) is 12.2. The molecule has 1 heterocycles. The molecule has 1 saturated heterocycles. The minimum absolute atomic E-state index is 0.199. The molecule has 49 heavy (non-hydrogen) atoms. The average molecular weight is 703 g/mol. The summed E-state index contributed by atoms with van der Waals surface area (Å²) in [4.78, 5) is 27.7. The van der Waals surface area contributed by atoms with E-state index in [-0.39, 0.29) is 12.2 Å². The van der Waals surface area contributed by atoms with E-state index in [9.17, 15) is 23.1 Å². The van der Waals surface area contributed by atoms with Gasteiger partial charge in [-0.25, -0.2) is 13.2 Å². The van der Waals surface area contributed by atoms with Crippen LogP contribution in [0.1, 0.15) is 128 Å². The number of carboxylic acids is 1. The van der Waals surface area contributed by atoms with Crippen LogP contribution in [-0.2, 0) is 25.9 Å². The first kappa shape index (κ1) is 44.3. The van der Waals surface area contributed by atoms with Crippen LogP contribution >= 0.6 is 0 Å². The van der Waals surface area contributed by atoms with Gasteiger partial charge in [-0.1, -0.05) is 111 Å². The maximum absolute atomic E-state index is 13.4. The zero-order valence-electron chi connectivity index (χ0n) is 31.9. The number of sulfone groups is 1. The molecular weight excluding hydrogens is 637 g/mol. The third-order valence-electron chi connectivity index (χ3n) is 8.84. The number of ether oxygens (including phenoxy) is 1. The minimum Gasteiger partial charge on any atom is -0.480 e. The number of hydrogen-bond donors (Lipinski definition) is 2. The van der Waals surface area contributed by atoms with Gasteiger partial charge in [-0.05, 0) is 72.9 Å². The predicted octanol–water partition coefficient (Wildman–Crippen LogP) is 8.70. The molecule has 0 radical (unpaired) electrons. The van der Waals surface area contributed by atoms with Crippen LogP contribution in [0.4, 0.5) is 0 Å². The highest BCUT2D eigenvalue weighted by Gasteiger charge is 2.31. The van der Waals surface area contributed by atoms with Crippen LogP contribution in [0.3, 0.4) is 0 Å². The average Bonchev–Trinajstić information content (AvgIpc) is 3.45. The first-order valence-corrected chi connectivity index (χ1v) is 20.7. The van der Waals surface area contributed by atoms with Gasteiger partial charge in [-0.2, -0.15) is 0 Å². The quantitative estimate of drug-likeness (QED) is 0.215. The van der Waals surface area contributed by atoms with Crippen molar-refractivity contribution in [1.29, 1.82) is 0 Å². The van der Waals surface area contributed by atoms with Crippen molar-refractivity contribution >= 4 is 21.7 Å². The number of carbonyl (C=O) groups is 2. The molecule has 1 saturated carbocycles. The summed E-state index contributed by atoms with van der Waals surface area (Å²) in [7, 11) is -3.37. The van der Waals surface area contributed by atoms with Crippen molar-refractivity contribution in [2.75, 3.05) is 25.2 Å². The van der Waals surface area contributed by atoms with Crippen LogP contribution in [0.25, 0.3) is 11.1 Å². The van der Waals surface area contributed by atoms with Crippen LogP contribution in [0.2, 0.25) is 0 Å². The summed E-state index contributed by atoms with van der Waals surface area (Å²) in [5.74, 6) is -1.55. The van der Waals surface area contributed by atoms with E-state index in [1.165, 1.54) is 32.1 Å². The number of amides is 1. The fraction of sp³-hybridized carbons (Fsp3) is 0.650. The standard InChI is InChI=1S/C32H44N2O6S.C4H10.2C2H6/c1-22-17-25(21-40-26-10-5-4-6-11-26)34(19-22)20-24-13-14-28(29(18-24)27-12-8-7-9-23(27)2)31(35)33-30(32(36)37)15-16-41(3,38)39;1-3-4-2;2*1-2/h7-9,12-14,18,22,25-26,30H,4-6,10-11,15-17,19-21H2,1-3H3,(H,33,35)(H,36,37);3-4H2,1-2H3;2*1-2H3/t22-,25?,30?;;;/m0.../s1. The zero-order chi connectivity index (χ0) is 37.0. The lowest BCUT2D eigenvalue weighted by atomic mass is 9.93. The molecule has 2 aliphatic rings. The number of nitrogens with zero attached hydrogens (tertiary/aromatic N) is 1. The summed E-state index contributed by atoms with van der Waals surface area (Å²) in [6, 6.07) is 12.6. The molecule has 2 unspecified atom stereocenters. The number of nitrogens with one attached hydrogen (secondary N) is 1. The third kappa shape index (κ3) is 15.8. The highest BCUT2D eigenvalue weighted by molar-refractivity contribution is 7.90. The van der Waals surface area contributed by atoms with Gasteiger partial charge in [-0.3, -0.25) is 9.69 Å². The van der Waals surface area contributed by atoms with E-state index in [1.807, 2.05) is 71.0 Å². The number of rotatable bonds is 13. The lowest BCUT2D eigenvalue weighted by Gasteiger charge is -2.28. The summed E-state index contributed by atoms with van der Waals surface area (Å²) in [6.07, 6.45) is 11.1. The Morgan fingerprint density at radius 1 is 0.980 bits per heavy atom. The molecule has 2 aromatic carbocycles. The van der Waals surface area contributed by atoms with Crippen LogP contribution in [0.5, 0.6) is 0 Å². The van der Waals surface area contributed by atoms with Crippen LogP contribution in [-0.4, -0.2) is 73.6 Å². The number of hydrogen-bond acceptors (Lipinski definition) is 6. The molecule has 1 aliphatic heterocycles. The van der Waals surface area contributed by atoms with Crippen LogP contribution in [0, 0.1) is 12.8 Å². The van der Waals surface area contributed by atoms with E-state index in [4.69, 9.17) is 4.74 Å². The van der Waals surface area contributed by atoms with Crippen LogP contribution in [0.15, 0.2) is 42.5 Å². The molecule has 278 valence electrons. The van der Waals surface area contributed by atoms with Crippen molar-refractivity contribution in [3.8, 4) is 11.1 Å². The monoisotopic (exact) mass is 702 g/mol. The molecule has 2 fully saturated rings. The van der Waals surface area contributed by atoms with Gasteiger partial charge < -0.3 is 15.2 Å². The van der Waals surface area contributed by atoms with Gasteiger partial charge in [-0.15, -0.1) is 0 Å². The van der Waals surface area contributed by atoms with Gasteiger partial charge in [0.15, 0.2) is 0 Å². The van der Waals surface area contributed by atoms with Crippen molar-refractivity contribution in [2.45, 2.75) is 138 Å². The highest BCUT2D eigenvalue weighted by Crippen LogP contribution is 2.31. The van der Waals surface area contributed by atoms with E-state index < -0.39 is 27.8 Å². The summed E-state index contributed by atoms with van der Waals surface area (Å²) >= 11 is 0. The molecule has 1 aliphatic carbocycles. The topological polar surface area (TPSA) is 113 Å². The Balaban J connectivity index is 0.00000137. The summed E-state index contributed by atoms with van der Waals surface area (Å²) in [5.41, 5.74) is 4.06. The molecular formula is C40H66N2O6S. The van der Waals surface area contributed by atoms with Gasteiger partial charge in [0.25, 0.3) is 5.91 Å². The van der Waals surface area contributed by atoms with Gasteiger partial charge in [0.2, 0.25) is 0 Å². The number of carboxylic acid groups (broad SMARTS) is 1. The number of aryl methyl sites for hydroxylation is 1. The Morgan fingerprint density at radius 3 is 2.18 bits per heavy atom. The molecule has 0 spiro atoms. The normalized spacial score (nSPS) is 18.5. The zero-order valence-corrected chi connectivity index (χ0v) is 32.7. The van der Waals surface area contributed by atoms with Crippen molar-refractivity contribution in [3.05, 3.63) is 59.2 Å². The first-order valence-electron chi connectivity index (χ1n) is 18.7. The Morgan fingerprint density at radius 2 is 1.61 bits per heavy atom. The van der Waals surface area contributed by atoms with Gasteiger partial charge in [0.1, 0.15) is 15.9 Å². The van der Waals surface area contributed by atoms with Crippen molar-refractivity contribution in [3.63, 3.8) is 0 Å². The number of benzene rings is 2. The molecule has 0 aromatic heterocycles. The van der Waals surface area contributed by atoms with Gasteiger partial charge in [0.05, 0.1) is 18.5 Å². The van der Waals surface area contributed by atoms with E-state index in [2.05, 4.69) is 31.0 Å².